The first-order chi connectivity index (χ1) is 10.9. The van der Waals surface area contributed by atoms with Gasteiger partial charge in [-0.05, 0) is 0 Å². The second-order valence-electron chi connectivity index (χ2n) is 4.99. The molecule has 0 bridgehead atoms. The fourth-order valence-electron chi connectivity index (χ4n) is 2.43. The molecule has 0 saturated carbocycles. The van der Waals surface area contributed by atoms with Gasteiger partial charge >= 0.3 is 58.2 Å². The Hall–Kier alpha value is -0.935. The molecule has 3 aromatic rings. The van der Waals surface area contributed by atoms with Crippen LogP contribution >= 0.6 is 0 Å². The van der Waals surface area contributed by atoms with Crippen molar-refractivity contribution in [2.75, 3.05) is 36.4 Å². The molecule has 1 aliphatic rings. The third kappa shape index (κ3) is 3.77. The first-order valence-electron chi connectivity index (χ1n) is 7.15. The largest absolute Gasteiger partial charge is 1.00 e. The number of piperazine rings is 1. The molecule has 1 N–H and O–H groups in total. The predicted octanol–water partition coefficient (Wildman–Crippen LogP) is -1.54. The van der Waals surface area contributed by atoms with E-state index in [2.05, 4.69) is 35.5 Å². The predicted molar refractivity (Wildman–Crippen MR) is 83.6 cm³/mol. The van der Waals surface area contributed by atoms with Crippen LogP contribution in [0.25, 0.3) is 11.0 Å². The average molecular weight is 381 g/mol. The van der Waals surface area contributed by atoms with Gasteiger partial charge < -0.3 is 19.9 Å². The number of hydrogen-bond donors (Lipinski definition) is 1. The van der Waals surface area contributed by atoms with Gasteiger partial charge in [-0.3, -0.25) is 0 Å². The van der Waals surface area contributed by atoms with Crippen molar-refractivity contribution in [2.24, 2.45) is 0 Å². The number of rotatable bonds is 3. The van der Waals surface area contributed by atoms with E-state index in [4.69, 9.17) is 0 Å². The van der Waals surface area contributed by atoms with Crippen LogP contribution in [0.1, 0.15) is 0 Å². The molecule has 0 radical (unpaired) electrons. The van der Waals surface area contributed by atoms with E-state index in [-0.39, 0.29) is 58.2 Å². The van der Waals surface area contributed by atoms with Gasteiger partial charge in [0.25, 0.3) is 0 Å². The minimum Gasteiger partial charge on any atom is -0.659 e. The second kappa shape index (κ2) is 7.76. The molecule has 9 heteroatoms. The van der Waals surface area contributed by atoms with Crippen LogP contribution in [0.5, 0.6) is 0 Å². The molecule has 4 rings (SSSR count). The standard InChI is InChI=1S/C14H15N8.Rb/c1-5-22(6-2-15-1)14-18-9-11(10-19-14)20-12-13-17-4-8-21(13)7-3-16-12;/h3-4,7-10H,1-2,5-6H2,(H,16,20);/q-1;+1. The first kappa shape index (κ1) is 16.9. The van der Waals surface area contributed by atoms with Crippen molar-refractivity contribution < 1.29 is 58.2 Å². The van der Waals surface area contributed by atoms with Crippen molar-refractivity contribution in [3.8, 4) is 0 Å². The van der Waals surface area contributed by atoms with Gasteiger partial charge in [0.2, 0.25) is 5.95 Å². The van der Waals surface area contributed by atoms with Crippen molar-refractivity contribution in [3.05, 3.63) is 42.5 Å². The summed E-state index contributed by atoms with van der Waals surface area (Å²) in [6.07, 6.45) is 10.7. The van der Waals surface area contributed by atoms with Crippen molar-refractivity contribution >= 4 is 23.1 Å². The topological polar surface area (TPSA) is 85.3 Å². The Kier molecular flexibility index (Phi) is 5.70. The fraction of sp³-hybridized carbons (Fsp3) is 0.286. The zero-order valence-corrected chi connectivity index (χ0v) is 17.8. The third-order valence-corrected chi connectivity index (χ3v) is 3.55. The monoisotopic (exact) mass is 380 g/mol. The SMILES string of the molecule is [Rb+].c1cn2ccnc2c(Nc2cnc(N3CC[N-]CC3)nc2)n1. The molecule has 1 saturated heterocycles. The average Bonchev–Trinajstić information content (AvgIpc) is 3.06. The molecule has 0 amide bonds. The van der Waals surface area contributed by atoms with E-state index < -0.39 is 0 Å². The van der Waals surface area contributed by atoms with Gasteiger partial charge in [0, 0.05) is 37.9 Å². The van der Waals surface area contributed by atoms with E-state index in [9.17, 15) is 0 Å². The summed E-state index contributed by atoms with van der Waals surface area (Å²) in [5.41, 5.74) is 1.55. The van der Waals surface area contributed by atoms with Crippen LogP contribution in [0, 0.1) is 0 Å². The maximum absolute atomic E-state index is 4.42. The molecule has 8 nitrogen and oxygen atoms in total. The van der Waals surface area contributed by atoms with E-state index in [0.29, 0.717) is 5.82 Å². The van der Waals surface area contributed by atoms with Crippen LogP contribution in [0.2, 0.25) is 0 Å². The summed E-state index contributed by atoms with van der Waals surface area (Å²) in [5.74, 6) is 1.42. The van der Waals surface area contributed by atoms with Gasteiger partial charge in [0.1, 0.15) is 0 Å². The summed E-state index contributed by atoms with van der Waals surface area (Å²) in [7, 11) is 0. The Morgan fingerprint density at radius 1 is 0.957 bits per heavy atom. The van der Waals surface area contributed by atoms with Crippen LogP contribution in [0.3, 0.4) is 0 Å². The molecule has 112 valence electrons. The number of anilines is 3. The van der Waals surface area contributed by atoms with Crippen LogP contribution in [0.15, 0.2) is 37.2 Å². The zero-order valence-electron chi connectivity index (χ0n) is 12.9. The fourth-order valence-corrected chi connectivity index (χ4v) is 2.43. The Morgan fingerprint density at radius 3 is 2.39 bits per heavy atom. The Bertz CT molecular complexity index is 766. The molecule has 0 aromatic carbocycles. The van der Waals surface area contributed by atoms with E-state index in [1.54, 1.807) is 24.8 Å². The van der Waals surface area contributed by atoms with Gasteiger partial charge in [-0.15, -0.1) is 13.1 Å². The summed E-state index contributed by atoms with van der Waals surface area (Å²) in [6.45, 7) is 3.44. The number of nitrogens with one attached hydrogen (secondary N) is 1. The van der Waals surface area contributed by atoms with Crippen molar-refractivity contribution in [3.63, 3.8) is 0 Å². The number of nitrogens with zero attached hydrogens (tertiary/aromatic N) is 7. The smallest absolute Gasteiger partial charge is 0.659 e. The van der Waals surface area contributed by atoms with Crippen LogP contribution in [0.4, 0.5) is 17.5 Å². The molecular formula is C14H15N8Rb. The van der Waals surface area contributed by atoms with Gasteiger partial charge in [-0.2, -0.15) is 0 Å². The summed E-state index contributed by atoms with van der Waals surface area (Å²) >= 11 is 0. The zero-order chi connectivity index (χ0) is 14.8. The van der Waals surface area contributed by atoms with E-state index >= 15 is 0 Å². The van der Waals surface area contributed by atoms with Crippen molar-refractivity contribution in [1.82, 2.24) is 24.3 Å². The second-order valence-corrected chi connectivity index (χ2v) is 4.99. The molecule has 1 aliphatic heterocycles. The summed E-state index contributed by atoms with van der Waals surface area (Å²) < 4.78 is 1.90. The Balaban J connectivity index is 0.00000156. The number of hydrogen-bond acceptors (Lipinski definition) is 6. The van der Waals surface area contributed by atoms with Gasteiger partial charge in [0.05, 0.1) is 18.1 Å². The van der Waals surface area contributed by atoms with Crippen molar-refractivity contribution in [2.45, 2.75) is 0 Å². The summed E-state index contributed by atoms with van der Waals surface area (Å²) in [5, 5.41) is 7.53. The molecule has 23 heavy (non-hydrogen) atoms. The minimum atomic E-state index is 0. The molecule has 0 unspecified atom stereocenters. The van der Waals surface area contributed by atoms with Crippen molar-refractivity contribution in [1.29, 1.82) is 0 Å². The Labute approximate surface area is 182 Å². The summed E-state index contributed by atoms with van der Waals surface area (Å²) in [4.78, 5) is 19.6. The van der Waals surface area contributed by atoms with Gasteiger partial charge in [-0.1, -0.05) is 0 Å². The number of fused-ring (bicyclic) bond motifs is 1. The van der Waals surface area contributed by atoms with Gasteiger partial charge in [-0.25, -0.2) is 19.9 Å². The van der Waals surface area contributed by atoms with Gasteiger partial charge in [0.15, 0.2) is 11.5 Å². The first-order valence-corrected chi connectivity index (χ1v) is 7.15. The molecule has 4 heterocycles. The van der Waals surface area contributed by atoms with Crippen LogP contribution < -0.4 is 68.4 Å². The number of imidazole rings is 1. The minimum absolute atomic E-state index is 0. The molecule has 0 aliphatic carbocycles. The van der Waals surface area contributed by atoms with E-state index in [0.717, 1.165) is 43.5 Å². The normalized spacial score (nSPS) is 14.5. The van der Waals surface area contributed by atoms with Crippen LogP contribution in [-0.4, -0.2) is 50.5 Å². The molecule has 1 fully saturated rings. The molecule has 0 spiro atoms. The van der Waals surface area contributed by atoms with E-state index in [1.165, 1.54) is 0 Å². The number of aromatic nitrogens is 5. The molecule has 0 atom stereocenters. The molecular weight excluding hydrogens is 366 g/mol. The maximum Gasteiger partial charge on any atom is 1.00 e. The Morgan fingerprint density at radius 2 is 1.65 bits per heavy atom. The van der Waals surface area contributed by atoms with Crippen LogP contribution in [-0.2, 0) is 0 Å². The maximum atomic E-state index is 4.42. The van der Waals surface area contributed by atoms with E-state index in [1.807, 2.05) is 16.8 Å². The quantitative estimate of drug-likeness (QED) is 0.593. The third-order valence-electron chi connectivity index (χ3n) is 3.55. The summed E-state index contributed by atoms with van der Waals surface area (Å²) in [6, 6.07) is 0. The molecule has 3 aromatic heterocycles.